The summed E-state index contributed by atoms with van der Waals surface area (Å²) >= 11 is 0. The minimum atomic E-state index is -1.13. The first kappa shape index (κ1) is 25.9. The summed E-state index contributed by atoms with van der Waals surface area (Å²) in [6, 6.07) is 7.51. The Morgan fingerprint density at radius 3 is 2.51 bits per heavy atom. The van der Waals surface area contributed by atoms with Crippen LogP contribution in [-0.4, -0.2) is 55.4 Å². The predicted octanol–water partition coefficient (Wildman–Crippen LogP) is 3.31. The van der Waals surface area contributed by atoms with Crippen LogP contribution in [0.2, 0.25) is 0 Å². The van der Waals surface area contributed by atoms with Gasteiger partial charge in [-0.05, 0) is 23.8 Å². The van der Waals surface area contributed by atoms with Crippen LogP contribution < -0.4 is 19.9 Å². The molecule has 0 spiro atoms. The Balaban J connectivity index is 1.73. The summed E-state index contributed by atoms with van der Waals surface area (Å²) < 4.78 is 64.4. The van der Waals surface area contributed by atoms with Crippen LogP contribution in [0.25, 0.3) is 0 Å². The van der Waals surface area contributed by atoms with Crippen molar-refractivity contribution in [3.05, 3.63) is 93.2 Å². The summed E-state index contributed by atoms with van der Waals surface area (Å²) in [4.78, 5) is 39.1. The fourth-order valence-electron chi connectivity index (χ4n) is 4.75. The van der Waals surface area contributed by atoms with Crippen molar-refractivity contribution in [2.45, 2.75) is 18.6 Å². The lowest BCUT2D eigenvalue weighted by Gasteiger charge is -2.50. The number of benzene rings is 2. The second-order valence-electron chi connectivity index (χ2n) is 8.73. The molecule has 39 heavy (non-hydrogen) atoms. The Morgan fingerprint density at radius 1 is 1.08 bits per heavy atom. The van der Waals surface area contributed by atoms with E-state index in [1.165, 1.54) is 47.1 Å². The van der Waals surface area contributed by atoms with Crippen LogP contribution in [0.15, 0.2) is 53.5 Å². The number of fused-ring (bicyclic) bond motifs is 4. The van der Waals surface area contributed by atoms with Crippen molar-refractivity contribution in [3.8, 4) is 11.5 Å². The first-order chi connectivity index (χ1) is 18.7. The molecule has 2 aromatic carbocycles. The first-order valence-corrected chi connectivity index (χ1v) is 11.7. The normalized spacial score (nSPS) is 18.1. The molecule has 13 heteroatoms. The van der Waals surface area contributed by atoms with E-state index in [1.807, 2.05) is 0 Å². The SMILES string of the molecule is COC(=O)OCOc1c2n(ccc1=O)N1[C@H](c3ccc(F)cc3)c3cc(F)c(F)cc3OCC[C@H]1N(C)C2=O. The zero-order valence-electron chi connectivity index (χ0n) is 20.7. The largest absolute Gasteiger partial charge is 0.510 e. The summed E-state index contributed by atoms with van der Waals surface area (Å²) in [6.45, 7) is -0.680. The van der Waals surface area contributed by atoms with Crippen LogP contribution in [0.1, 0.15) is 34.1 Å². The molecule has 0 N–H and O–H groups in total. The van der Waals surface area contributed by atoms with Gasteiger partial charge in [0.15, 0.2) is 17.3 Å². The molecule has 5 rings (SSSR count). The fraction of sp³-hybridized carbons (Fsp3) is 0.269. The molecule has 0 bridgehead atoms. The van der Waals surface area contributed by atoms with Crippen molar-refractivity contribution in [2.24, 2.45) is 0 Å². The third-order valence-electron chi connectivity index (χ3n) is 6.54. The Bertz CT molecular complexity index is 1500. The number of nitrogens with zero attached hydrogens (tertiary/aromatic N) is 3. The molecule has 3 aromatic rings. The Morgan fingerprint density at radius 2 is 1.79 bits per heavy atom. The average molecular weight is 545 g/mol. The summed E-state index contributed by atoms with van der Waals surface area (Å²) in [6.07, 6.45) is -0.189. The molecule has 0 saturated heterocycles. The molecule has 1 aromatic heterocycles. The number of ether oxygens (including phenoxy) is 4. The highest BCUT2D eigenvalue weighted by molar-refractivity contribution is 5.96. The maximum Gasteiger partial charge on any atom is 0.510 e. The van der Waals surface area contributed by atoms with Crippen LogP contribution >= 0.6 is 0 Å². The van der Waals surface area contributed by atoms with E-state index in [0.717, 1.165) is 25.3 Å². The molecule has 1 amide bonds. The number of amides is 1. The van der Waals surface area contributed by atoms with Crippen LogP contribution in [0.4, 0.5) is 18.0 Å². The summed E-state index contributed by atoms with van der Waals surface area (Å²) in [5.74, 6) is -3.69. The standard InChI is InChI=1S/C26H22F3N3O7/c1-30-21-8-10-37-20-12-18(29)17(28)11-16(20)22(14-3-5-15(27)6-4-14)32(21)31-9-7-19(33)24(23(31)25(30)34)38-13-39-26(35)36-2/h3-7,9,11-12,21-22H,8,10,13H2,1-2H3/t21-,22+/m0/s1. The molecule has 0 fully saturated rings. The van der Waals surface area contributed by atoms with Crippen molar-refractivity contribution in [1.82, 2.24) is 9.58 Å². The van der Waals surface area contributed by atoms with E-state index in [1.54, 1.807) is 5.01 Å². The van der Waals surface area contributed by atoms with Gasteiger partial charge in [-0.1, -0.05) is 12.1 Å². The van der Waals surface area contributed by atoms with Gasteiger partial charge in [0.2, 0.25) is 18.0 Å². The lowest BCUT2D eigenvalue weighted by atomic mass is 9.94. The zero-order valence-corrected chi connectivity index (χ0v) is 20.7. The molecule has 2 aliphatic rings. The molecule has 3 heterocycles. The smallest absolute Gasteiger partial charge is 0.493 e. The topological polar surface area (TPSA) is 99.5 Å². The van der Waals surface area contributed by atoms with Gasteiger partial charge >= 0.3 is 6.16 Å². The second kappa shape index (κ2) is 10.2. The highest BCUT2D eigenvalue weighted by Gasteiger charge is 2.44. The van der Waals surface area contributed by atoms with Gasteiger partial charge < -0.3 is 23.8 Å². The Hall–Kier alpha value is -4.68. The number of halogens is 3. The summed E-state index contributed by atoms with van der Waals surface area (Å²) in [5, 5.41) is 1.68. The molecular formula is C26H22F3N3O7. The van der Waals surface area contributed by atoms with Crippen molar-refractivity contribution in [3.63, 3.8) is 0 Å². The van der Waals surface area contributed by atoms with E-state index < -0.39 is 59.7 Å². The molecule has 10 nitrogen and oxygen atoms in total. The van der Waals surface area contributed by atoms with E-state index in [-0.39, 0.29) is 30.0 Å². The van der Waals surface area contributed by atoms with Gasteiger partial charge in [0.05, 0.1) is 13.7 Å². The molecule has 0 saturated carbocycles. The highest BCUT2D eigenvalue weighted by Crippen LogP contribution is 2.41. The van der Waals surface area contributed by atoms with Gasteiger partial charge in [-0.15, -0.1) is 0 Å². The quantitative estimate of drug-likeness (QED) is 0.364. The molecule has 2 atom stereocenters. The van der Waals surface area contributed by atoms with Gasteiger partial charge in [0.25, 0.3) is 5.91 Å². The lowest BCUT2D eigenvalue weighted by molar-refractivity contribution is 0.0131. The number of rotatable bonds is 4. The molecule has 0 unspecified atom stereocenters. The van der Waals surface area contributed by atoms with Crippen LogP contribution in [0, 0.1) is 17.5 Å². The van der Waals surface area contributed by atoms with Crippen LogP contribution in [0.3, 0.4) is 0 Å². The Labute approximate surface area is 219 Å². The number of carbonyl (C=O) groups is 2. The summed E-state index contributed by atoms with van der Waals surface area (Å²) in [7, 11) is 2.60. The second-order valence-corrected chi connectivity index (χ2v) is 8.73. The zero-order chi connectivity index (χ0) is 27.8. The van der Waals surface area contributed by atoms with Crippen molar-refractivity contribution >= 4 is 12.1 Å². The van der Waals surface area contributed by atoms with E-state index in [4.69, 9.17) is 14.2 Å². The molecule has 0 aliphatic carbocycles. The van der Waals surface area contributed by atoms with E-state index in [9.17, 15) is 27.6 Å². The monoisotopic (exact) mass is 545 g/mol. The number of methoxy groups -OCH3 is 1. The maximum atomic E-state index is 14.6. The van der Waals surface area contributed by atoms with Gasteiger partial charge in [-0.3, -0.25) is 19.3 Å². The number of hydrogen-bond acceptors (Lipinski definition) is 8. The molecule has 2 aliphatic heterocycles. The fourth-order valence-corrected chi connectivity index (χ4v) is 4.75. The lowest BCUT2D eigenvalue weighted by Crippen LogP contribution is -2.62. The third-order valence-corrected chi connectivity index (χ3v) is 6.54. The summed E-state index contributed by atoms with van der Waals surface area (Å²) in [5.41, 5.74) is -0.207. The van der Waals surface area contributed by atoms with Crippen LogP contribution in [-0.2, 0) is 9.47 Å². The van der Waals surface area contributed by atoms with Crippen molar-refractivity contribution in [2.75, 3.05) is 32.6 Å². The molecular weight excluding hydrogens is 523 g/mol. The number of hydrogen-bond donors (Lipinski definition) is 0. The van der Waals surface area contributed by atoms with Gasteiger partial charge in [-0.2, -0.15) is 0 Å². The maximum absolute atomic E-state index is 14.6. The first-order valence-electron chi connectivity index (χ1n) is 11.7. The predicted molar refractivity (Wildman–Crippen MR) is 128 cm³/mol. The Kier molecular flexibility index (Phi) is 6.81. The minimum Gasteiger partial charge on any atom is -0.493 e. The van der Waals surface area contributed by atoms with Crippen LogP contribution in [0.5, 0.6) is 11.5 Å². The van der Waals surface area contributed by atoms with Gasteiger partial charge in [0, 0.05) is 37.4 Å². The molecule has 204 valence electrons. The van der Waals surface area contributed by atoms with Gasteiger partial charge in [-0.25, -0.2) is 18.0 Å². The average Bonchev–Trinajstić information content (AvgIpc) is 2.91. The van der Waals surface area contributed by atoms with E-state index in [0.29, 0.717) is 5.56 Å². The minimum absolute atomic E-state index is 0.0405. The number of carbonyl (C=O) groups excluding carboxylic acids is 2. The van der Waals surface area contributed by atoms with Crippen molar-refractivity contribution < 1.29 is 41.7 Å². The van der Waals surface area contributed by atoms with E-state index in [2.05, 4.69) is 4.74 Å². The van der Waals surface area contributed by atoms with E-state index >= 15 is 0 Å². The van der Waals surface area contributed by atoms with Crippen molar-refractivity contribution in [1.29, 1.82) is 0 Å². The highest BCUT2D eigenvalue weighted by atomic mass is 19.2. The number of aromatic nitrogens is 1. The third kappa shape index (κ3) is 4.60. The number of pyridine rings is 1. The van der Waals surface area contributed by atoms with Gasteiger partial charge in [0.1, 0.15) is 23.8 Å². The molecule has 0 radical (unpaired) electrons.